The molecule has 5 N–H and O–H groups in total. The Morgan fingerprint density at radius 2 is 1.50 bits per heavy atom. The van der Waals surface area contributed by atoms with Crippen molar-refractivity contribution >= 4 is 17.1 Å². The summed E-state index contributed by atoms with van der Waals surface area (Å²) in [5.74, 6) is 0.198. The Bertz CT molecular complexity index is 1220. The highest BCUT2D eigenvalue weighted by Crippen LogP contribution is 2.44. The van der Waals surface area contributed by atoms with Gasteiger partial charge in [0.25, 0.3) is 5.70 Å². The minimum absolute atomic E-state index is 0.00407. The number of anilines is 1. The van der Waals surface area contributed by atoms with Crippen LogP contribution in [0.2, 0.25) is 0 Å². The van der Waals surface area contributed by atoms with Gasteiger partial charge in [-0.1, -0.05) is 84.9 Å². The number of hydrogen-bond acceptors (Lipinski definition) is 6. The molecule has 0 fully saturated rings. The van der Waals surface area contributed by atoms with Gasteiger partial charge in [-0.2, -0.15) is 0 Å². The molecule has 36 heavy (non-hydrogen) atoms. The number of rotatable bonds is 5. The van der Waals surface area contributed by atoms with Crippen LogP contribution in [-0.4, -0.2) is 21.5 Å². The molecule has 192 valence electrons. The molecule has 7 nitrogen and oxygen atoms in total. The Morgan fingerprint density at radius 1 is 0.917 bits per heavy atom. The van der Waals surface area contributed by atoms with Crippen molar-refractivity contribution < 1.29 is 10.0 Å². The Labute approximate surface area is 213 Å². The second-order valence-corrected chi connectivity index (χ2v) is 11.6. The molecule has 7 heteroatoms. The summed E-state index contributed by atoms with van der Waals surface area (Å²) in [7, 11) is 0. The van der Waals surface area contributed by atoms with Gasteiger partial charge in [0.1, 0.15) is 5.75 Å². The normalized spacial score (nSPS) is 14.1. The van der Waals surface area contributed by atoms with E-state index in [9.17, 15) is 15.2 Å². The SMILES string of the molecule is CC(C)(C)CC(C)(C)c1cc(N)c(O)c(C(C)(C)c2ccccc2)c1.N=C1C=CC([N+](=O)[O-])=CC1=N. The van der Waals surface area contributed by atoms with E-state index in [1.807, 2.05) is 24.3 Å². The second-order valence-electron chi connectivity index (χ2n) is 11.6. The molecule has 0 heterocycles. The topological polar surface area (TPSA) is 137 Å². The van der Waals surface area contributed by atoms with Crippen molar-refractivity contribution in [2.24, 2.45) is 5.41 Å². The van der Waals surface area contributed by atoms with Gasteiger partial charge in [-0.25, -0.2) is 0 Å². The van der Waals surface area contributed by atoms with Crippen LogP contribution in [0.4, 0.5) is 5.69 Å². The van der Waals surface area contributed by atoms with Crippen molar-refractivity contribution in [2.75, 3.05) is 5.73 Å². The van der Waals surface area contributed by atoms with Crippen molar-refractivity contribution in [3.63, 3.8) is 0 Å². The van der Waals surface area contributed by atoms with Crippen LogP contribution < -0.4 is 5.73 Å². The van der Waals surface area contributed by atoms with Gasteiger partial charge >= 0.3 is 0 Å². The molecule has 2 aromatic rings. The minimum Gasteiger partial charge on any atom is -0.505 e. The maximum Gasteiger partial charge on any atom is 0.271 e. The van der Waals surface area contributed by atoms with E-state index in [1.54, 1.807) is 0 Å². The molecule has 0 atom stereocenters. The van der Waals surface area contributed by atoms with E-state index in [2.05, 4.69) is 66.7 Å². The highest BCUT2D eigenvalue weighted by atomic mass is 16.6. The van der Waals surface area contributed by atoms with E-state index < -0.39 is 4.92 Å². The van der Waals surface area contributed by atoms with Crippen molar-refractivity contribution in [1.29, 1.82) is 10.8 Å². The molecule has 1 aliphatic carbocycles. The first-order valence-electron chi connectivity index (χ1n) is 11.9. The van der Waals surface area contributed by atoms with Gasteiger partial charge < -0.3 is 10.8 Å². The first-order chi connectivity index (χ1) is 16.5. The Hall–Kier alpha value is -3.74. The lowest BCUT2D eigenvalue weighted by molar-refractivity contribution is -0.418. The van der Waals surface area contributed by atoms with E-state index in [1.165, 1.54) is 17.7 Å². The quantitative estimate of drug-likeness (QED) is 0.121. The van der Waals surface area contributed by atoms with Crippen LogP contribution in [0.1, 0.15) is 71.6 Å². The number of phenols is 1. The largest absolute Gasteiger partial charge is 0.505 e. The Morgan fingerprint density at radius 3 is 2.00 bits per heavy atom. The van der Waals surface area contributed by atoms with Gasteiger partial charge in [-0.15, -0.1) is 0 Å². The average molecular weight is 491 g/mol. The standard InChI is InChI=1S/C23H33NO.C6H5N3O2/c1-21(2,3)15-22(4,5)17-13-18(20(25)19(24)14-17)23(6,7)16-11-9-8-10-12-16;7-5-2-1-4(9(10)11)3-6(5)8/h8-14,25H,15,24H2,1-7H3;1-3,7-8H. The third-order valence-electron chi connectivity index (χ3n) is 6.28. The number of aromatic hydroxyl groups is 1. The molecule has 0 bridgehead atoms. The van der Waals surface area contributed by atoms with Crippen molar-refractivity contribution in [1.82, 2.24) is 0 Å². The van der Waals surface area contributed by atoms with Crippen LogP contribution in [-0.2, 0) is 10.8 Å². The number of allylic oxidation sites excluding steroid dienone is 3. The summed E-state index contributed by atoms with van der Waals surface area (Å²) in [5.41, 5.74) is 9.47. The average Bonchev–Trinajstić information content (AvgIpc) is 2.76. The molecule has 1 aliphatic rings. The van der Waals surface area contributed by atoms with E-state index in [0.717, 1.165) is 23.6 Å². The summed E-state index contributed by atoms with van der Waals surface area (Å²) in [4.78, 5) is 9.54. The lowest BCUT2D eigenvalue weighted by Gasteiger charge is -2.35. The number of phenolic OH excluding ortho intramolecular Hbond substituents is 1. The summed E-state index contributed by atoms with van der Waals surface area (Å²) < 4.78 is 0. The number of nitro groups is 1. The molecule has 0 saturated heterocycles. The van der Waals surface area contributed by atoms with Crippen LogP contribution in [0.25, 0.3) is 0 Å². The molecule has 0 unspecified atom stereocenters. The molecular formula is C29H38N4O3. The molecule has 3 rings (SSSR count). The van der Waals surface area contributed by atoms with Gasteiger partial charge in [0, 0.05) is 23.1 Å². The Balaban J connectivity index is 0.000000346. The van der Waals surface area contributed by atoms with Gasteiger partial charge in [-0.05, 0) is 40.5 Å². The van der Waals surface area contributed by atoms with Crippen LogP contribution in [0.3, 0.4) is 0 Å². The van der Waals surface area contributed by atoms with Crippen LogP contribution in [0.5, 0.6) is 5.75 Å². The molecular weight excluding hydrogens is 452 g/mol. The van der Waals surface area contributed by atoms with Gasteiger partial charge in [0.05, 0.1) is 22.0 Å². The number of nitrogens with two attached hydrogens (primary N) is 1. The van der Waals surface area contributed by atoms with Crippen LogP contribution in [0.15, 0.2) is 66.4 Å². The molecule has 0 spiro atoms. The zero-order chi connectivity index (χ0) is 27.5. The van der Waals surface area contributed by atoms with E-state index in [-0.39, 0.29) is 39.1 Å². The predicted molar refractivity (Wildman–Crippen MR) is 148 cm³/mol. The van der Waals surface area contributed by atoms with Crippen molar-refractivity contribution in [2.45, 2.75) is 65.7 Å². The highest BCUT2D eigenvalue weighted by molar-refractivity contribution is 6.48. The molecule has 2 aromatic carbocycles. The lowest BCUT2D eigenvalue weighted by Crippen LogP contribution is -2.26. The van der Waals surface area contributed by atoms with E-state index >= 15 is 0 Å². The molecule has 0 saturated carbocycles. The van der Waals surface area contributed by atoms with Crippen molar-refractivity contribution in [3.8, 4) is 5.75 Å². The molecule has 0 aliphatic heterocycles. The van der Waals surface area contributed by atoms with E-state index in [4.69, 9.17) is 16.6 Å². The fourth-order valence-electron chi connectivity index (χ4n) is 4.61. The summed E-state index contributed by atoms with van der Waals surface area (Å²) in [6, 6.07) is 14.4. The molecule has 0 radical (unpaired) electrons. The maximum absolute atomic E-state index is 10.7. The monoisotopic (exact) mass is 490 g/mol. The van der Waals surface area contributed by atoms with Gasteiger partial charge in [0.15, 0.2) is 0 Å². The Kier molecular flexibility index (Phi) is 8.30. The maximum atomic E-state index is 10.7. The number of nitrogen functional groups attached to an aromatic ring is 1. The third kappa shape index (κ3) is 6.90. The number of nitrogens with zero attached hydrogens (tertiary/aromatic N) is 1. The fraction of sp³-hybridized carbons (Fsp3) is 0.379. The fourth-order valence-corrected chi connectivity index (χ4v) is 4.61. The first kappa shape index (κ1) is 28.5. The molecule has 0 aromatic heterocycles. The summed E-state index contributed by atoms with van der Waals surface area (Å²) in [5, 5.41) is 34.9. The van der Waals surface area contributed by atoms with Crippen LogP contribution in [0, 0.1) is 26.3 Å². The summed E-state index contributed by atoms with van der Waals surface area (Å²) >= 11 is 0. The molecule has 0 amide bonds. The lowest BCUT2D eigenvalue weighted by atomic mass is 9.70. The predicted octanol–water partition coefficient (Wildman–Crippen LogP) is 6.77. The van der Waals surface area contributed by atoms with Crippen molar-refractivity contribution in [3.05, 3.63) is 93.2 Å². The second kappa shape index (κ2) is 10.5. The smallest absolute Gasteiger partial charge is 0.271 e. The number of hydrogen-bond donors (Lipinski definition) is 4. The van der Waals surface area contributed by atoms with Gasteiger partial charge in [-0.3, -0.25) is 20.9 Å². The van der Waals surface area contributed by atoms with Crippen LogP contribution >= 0.6 is 0 Å². The zero-order valence-corrected chi connectivity index (χ0v) is 22.3. The van der Waals surface area contributed by atoms with Gasteiger partial charge in [0.2, 0.25) is 0 Å². The van der Waals surface area contributed by atoms with E-state index in [0.29, 0.717) is 5.69 Å². The summed E-state index contributed by atoms with van der Waals surface area (Å²) in [6.45, 7) is 15.6. The minimum atomic E-state index is -0.586. The first-order valence-corrected chi connectivity index (χ1v) is 11.9. The number of nitrogens with one attached hydrogen (secondary N) is 2. The number of benzene rings is 2. The highest BCUT2D eigenvalue weighted by Gasteiger charge is 2.32. The third-order valence-corrected chi connectivity index (χ3v) is 6.28. The summed E-state index contributed by atoms with van der Waals surface area (Å²) in [6.07, 6.45) is 4.54. The zero-order valence-electron chi connectivity index (χ0n) is 22.3.